The van der Waals surface area contributed by atoms with Crippen LogP contribution in [0.5, 0.6) is 0 Å². The summed E-state index contributed by atoms with van der Waals surface area (Å²) in [7, 11) is -2.28. The highest BCUT2D eigenvalue weighted by Crippen LogP contribution is 2.19. The number of nitrogens with zero attached hydrogens (tertiary/aromatic N) is 2. The molecule has 0 unspecified atom stereocenters. The second kappa shape index (κ2) is 41.0. The third kappa shape index (κ3) is 40.8. The lowest BCUT2D eigenvalue weighted by atomic mass is 10.0. The van der Waals surface area contributed by atoms with E-state index in [2.05, 4.69) is 35.4 Å². The van der Waals surface area contributed by atoms with Gasteiger partial charge in [0.15, 0.2) is 0 Å². The van der Waals surface area contributed by atoms with E-state index in [9.17, 15) is 18.0 Å². The van der Waals surface area contributed by atoms with Gasteiger partial charge in [0.05, 0.1) is 6.61 Å². The van der Waals surface area contributed by atoms with Crippen LogP contribution in [0, 0.1) is 0 Å². The summed E-state index contributed by atoms with van der Waals surface area (Å²) in [4.78, 5) is 31.4. The van der Waals surface area contributed by atoms with Gasteiger partial charge in [-0.05, 0) is 70.9 Å². The summed E-state index contributed by atoms with van der Waals surface area (Å²) < 4.78 is 36.9. The topological polar surface area (TPSA) is 140 Å². The zero-order valence-corrected chi connectivity index (χ0v) is 38.6. The van der Waals surface area contributed by atoms with E-state index in [1.54, 1.807) is 7.05 Å². The van der Waals surface area contributed by atoms with Crippen LogP contribution in [0.4, 0.5) is 0 Å². The Kier molecular flexibility index (Phi) is 39.8. The van der Waals surface area contributed by atoms with E-state index in [1.807, 2.05) is 0 Å². The van der Waals surface area contributed by atoms with Crippen LogP contribution in [0.25, 0.3) is 0 Å². The molecule has 0 rings (SSSR count). The zero-order valence-electron chi connectivity index (χ0n) is 37.8. The van der Waals surface area contributed by atoms with Gasteiger partial charge >= 0.3 is 11.9 Å². The number of nitrogens with one attached hydrogen (secondary N) is 1. The Morgan fingerprint density at radius 3 is 1.40 bits per heavy atom. The fourth-order valence-corrected chi connectivity index (χ4v) is 7.89. The number of hydrogen-bond donors (Lipinski definition) is 2. The van der Waals surface area contributed by atoms with Crippen molar-refractivity contribution in [2.45, 2.75) is 245 Å². The number of unbranched alkanes of at least 4 members (excludes halogenated alkanes) is 24. The van der Waals surface area contributed by atoms with Crippen molar-refractivity contribution in [3.8, 4) is 0 Å². The smallest absolute Gasteiger partial charge is 0.306 e. The van der Waals surface area contributed by atoms with Crippen molar-refractivity contribution in [2.75, 3.05) is 33.3 Å². The Hall–Kier alpha value is -1.72. The maximum atomic E-state index is 12.8. The second-order valence-corrected chi connectivity index (χ2v) is 17.8. The predicted molar refractivity (Wildman–Crippen MR) is 241 cm³/mol. The molecule has 0 aromatic rings. The quantitative estimate of drug-likeness (QED) is 0.0270. The molecule has 57 heavy (non-hydrogen) atoms. The molecular formula is C46H92N4O6S. The first kappa shape index (κ1) is 55.3. The molecule has 0 aromatic carbocycles. The van der Waals surface area contributed by atoms with E-state index < -0.39 is 10.2 Å². The van der Waals surface area contributed by atoms with Crippen molar-refractivity contribution < 1.29 is 27.5 Å². The molecule has 0 saturated carbocycles. The zero-order chi connectivity index (χ0) is 42.1. The summed E-state index contributed by atoms with van der Waals surface area (Å²) in [6.07, 6.45) is 37.4. The average molecular weight is 829 g/mol. The van der Waals surface area contributed by atoms with Gasteiger partial charge in [-0.1, -0.05) is 162 Å². The largest absolute Gasteiger partial charge is 0.466 e. The molecule has 11 heteroatoms. The van der Waals surface area contributed by atoms with Gasteiger partial charge in [-0.3, -0.25) is 19.3 Å². The van der Waals surface area contributed by atoms with Crippen molar-refractivity contribution in [1.82, 2.24) is 9.62 Å². The van der Waals surface area contributed by atoms with Crippen LogP contribution in [0.2, 0.25) is 0 Å². The molecule has 0 spiro atoms. The summed E-state index contributed by atoms with van der Waals surface area (Å²) in [6, 6.07) is 0. The lowest BCUT2D eigenvalue weighted by Crippen LogP contribution is -2.38. The number of ether oxygens (including phenoxy) is 2. The van der Waals surface area contributed by atoms with Crippen LogP contribution >= 0.6 is 0 Å². The summed E-state index contributed by atoms with van der Waals surface area (Å²) in [5.74, 6) is 0.276. The van der Waals surface area contributed by atoms with Crippen molar-refractivity contribution >= 4 is 28.0 Å². The van der Waals surface area contributed by atoms with E-state index in [0.717, 1.165) is 116 Å². The van der Waals surface area contributed by atoms with Gasteiger partial charge in [0, 0.05) is 32.9 Å². The first-order valence-corrected chi connectivity index (χ1v) is 25.5. The van der Waals surface area contributed by atoms with Gasteiger partial charge in [-0.2, -0.15) is 8.42 Å². The molecule has 3 N–H and O–H groups in total. The van der Waals surface area contributed by atoms with Crippen LogP contribution in [0.3, 0.4) is 0 Å². The third-order valence-electron chi connectivity index (χ3n) is 11.0. The Bertz CT molecular complexity index is 1040. The van der Waals surface area contributed by atoms with E-state index in [-0.39, 0.29) is 18.0 Å². The SMILES string of the molecule is CCCCCCCCCOC(=O)CCCCCCCN(CCCCCCCC(=O)OC(CCCCCCCC)CCCCCCCC)CCC(=NC)NS(N)(=O)=O. The van der Waals surface area contributed by atoms with Gasteiger partial charge < -0.3 is 14.4 Å². The van der Waals surface area contributed by atoms with Crippen LogP contribution < -0.4 is 9.86 Å². The molecule has 0 saturated heterocycles. The Morgan fingerprint density at radius 1 is 0.544 bits per heavy atom. The molecule has 0 atom stereocenters. The number of carbonyl (C=O) groups is 2. The highest BCUT2D eigenvalue weighted by Gasteiger charge is 2.15. The maximum absolute atomic E-state index is 12.8. The van der Waals surface area contributed by atoms with Gasteiger partial charge in [-0.25, -0.2) is 5.14 Å². The number of hydrogen-bond acceptors (Lipinski definition) is 8. The normalized spacial score (nSPS) is 12.2. The minimum atomic E-state index is -3.86. The van der Waals surface area contributed by atoms with E-state index in [4.69, 9.17) is 14.6 Å². The molecule has 0 aliphatic carbocycles. The molecule has 0 aromatic heterocycles. The van der Waals surface area contributed by atoms with Gasteiger partial charge in [0.2, 0.25) is 0 Å². The monoisotopic (exact) mass is 829 g/mol. The van der Waals surface area contributed by atoms with Crippen molar-refractivity contribution in [1.29, 1.82) is 0 Å². The van der Waals surface area contributed by atoms with E-state index in [1.165, 1.54) is 96.3 Å². The first-order valence-electron chi connectivity index (χ1n) is 24.0. The average Bonchev–Trinajstić information content (AvgIpc) is 3.18. The molecule has 0 radical (unpaired) electrons. The summed E-state index contributed by atoms with van der Waals surface area (Å²) >= 11 is 0. The van der Waals surface area contributed by atoms with Crippen molar-refractivity contribution in [2.24, 2.45) is 10.1 Å². The fraction of sp³-hybridized carbons (Fsp3) is 0.935. The number of carbonyl (C=O) groups excluding carboxylic acids is 2. The number of esters is 2. The molecule has 338 valence electrons. The number of amidine groups is 1. The Balaban J connectivity index is 4.49. The van der Waals surface area contributed by atoms with Crippen molar-refractivity contribution in [3.05, 3.63) is 0 Å². The lowest BCUT2D eigenvalue weighted by Gasteiger charge is -2.23. The second-order valence-electron chi connectivity index (χ2n) is 16.5. The summed E-state index contributed by atoms with van der Waals surface area (Å²) in [5, 5.41) is 5.19. The van der Waals surface area contributed by atoms with E-state index >= 15 is 0 Å². The minimum absolute atomic E-state index is 0.0247. The highest BCUT2D eigenvalue weighted by molar-refractivity contribution is 7.87. The van der Waals surface area contributed by atoms with Crippen LogP contribution in [0.15, 0.2) is 4.99 Å². The molecule has 0 aliphatic rings. The standard InChI is InChI=1S/C46H92N4O6S/c1-5-8-11-14-17-26-33-42-55-45(51)36-29-22-18-24-31-39-50(41-38-44(48-4)49-57(47,53)54)40-32-25-19-23-30-37-46(52)56-43(34-27-20-15-12-9-6-2)35-28-21-16-13-10-7-3/h43H,5-42H2,1-4H3,(H,48,49)(H2,47,53,54). The summed E-state index contributed by atoms with van der Waals surface area (Å²) in [6.45, 7) is 9.83. The Morgan fingerprint density at radius 2 is 0.947 bits per heavy atom. The van der Waals surface area contributed by atoms with Crippen LogP contribution in [-0.4, -0.2) is 70.5 Å². The Labute approximate surface area is 352 Å². The number of nitrogens with two attached hydrogens (primary N) is 1. The fourth-order valence-electron chi connectivity index (χ4n) is 7.37. The molecular weight excluding hydrogens is 737 g/mol. The number of aliphatic imine (C=N–C) groups is 1. The van der Waals surface area contributed by atoms with E-state index in [0.29, 0.717) is 38.2 Å². The molecule has 10 nitrogen and oxygen atoms in total. The number of rotatable bonds is 43. The van der Waals surface area contributed by atoms with Crippen LogP contribution in [-0.2, 0) is 29.3 Å². The predicted octanol–water partition coefficient (Wildman–Crippen LogP) is 11.9. The van der Waals surface area contributed by atoms with Gasteiger partial charge in [0.1, 0.15) is 11.9 Å². The molecule has 0 bridgehead atoms. The first-order chi connectivity index (χ1) is 27.6. The summed E-state index contributed by atoms with van der Waals surface area (Å²) in [5.41, 5.74) is 0. The third-order valence-corrected chi connectivity index (χ3v) is 11.5. The molecule has 0 heterocycles. The molecule has 0 fully saturated rings. The minimum Gasteiger partial charge on any atom is -0.466 e. The van der Waals surface area contributed by atoms with Crippen molar-refractivity contribution in [3.63, 3.8) is 0 Å². The maximum Gasteiger partial charge on any atom is 0.306 e. The van der Waals surface area contributed by atoms with Crippen LogP contribution in [0.1, 0.15) is 239 Å². The van der Waals surface area contributed by atoms with Gasteiger partial charge in [-0.15, -0.1) is 0 Å². The molecule has 0 amide bonds. The molecule has 0 aliphatic heterocycles. The lowest BCUT2D eigenvalue weighted by molar-refractivity contribution is -0.150. The van der Waals surface area contributed by atoms with Gasteiger partial charge in [0.25, 0.3) is 10.2 Å². The highest BCUT2D eigenvalue weighted by atomic mass is 32.2.